The number of carboxylic acids is 1. The molecule has 1 amide bonds. The normalized spacial score (nSPS) is 25.6. The Morgan fingerprint density at radius 3 is 2.38 bits per heavy atom. The van der Waals surface area contributed by atoms with Gasteiger partial charge < -0.3 is 14.9 Å². The first-order valence-electron chi connectivity index (χ1n) is 5.13. The van der Waals surface area contributed by atoms with Crippen LogP contribution in [0.1, 0.15) is 33.6 Å². The largest absolute Gasteiger partial charge is 0.478 e. The van der Waals surface area contributed by atoms with Gasteiger partial charge in [-0.15, -0.1) is 0 Å². The summed E-state index contributed by atoms with van der Waals surface area (Å²) >= 11 is 0. The molecule has 0 aromatic heterocycles. The van der Waals surface area contributed by atoms with Crippen molar-refractivity contribution in [1.29, 1.82) is 0 Å². The van der Waals surface area contributed by atoms with Crippen LogP contribution in [0.3, 0.4) is 0 Å². The van der Waals surface area contributed by atoms with Crippen molar-refractivity contribution < 1.29 is 24.5 Å². The molecule has 6 heteroatoms. The van der Waals surface area contributed by atoms with Crippen molar-refractivity contribution in [1.82, 2.24) is 4.90 Å². The van der Waals surface area contributed by atoms with E-state index < -0.39 is 23.4 Å². The molecule has 16 heavy (non-hydrogen) atoms. The van der Waals surface area contributed by atoms with Gasteiger partial charge in [0.15, 0.2) is 0 Å². The van der Waals surface area contributed by atoms with Gasteiger partial charge in [-0.25, -0.2) is 9.59 Å². The predicted octanol–water partition coefficient (Wildman–Crippen LogP) is 0.790. The van der Waals surface area contributed by atoms with Crippen LogP contribution in [0.4, 0.5) is 4.79 Å². The smallest absolute Gasteiger partial charge is 0.413 e. The highest BCUT2D eigenvalue weighted by Gasteiger charge is 2.50. The van der Waals surface area contributed by atoms with Gasteiger partial charge in [-0.05, 0) is 27.2 Å². The topological polar surface area (TPSA) is 87.1 Å². The van der Waals surface area contributed by atoms with Crippen molar-refractivity contribution in [3.05, 3.63) is 0 Å². The zero-order chi connectivity index (χ0) is 12.6. The third-order valence-corrected chi connectivity index (χ3v) is 2.31. The minimum Gasteiger partial charge on any atom is -0.478 e. The van der Waals surface area contributed by atoms with Gasteiger partial charge in [0.2, 0.25) is 5.72 Å². The Hall–Kier alpha value is -1.30. The highest BCUT2D eigenvalue weighted by atomic mass is 16.6. The Balaban J connectivity index is 2.80. The van der Waals surface area contributed by atoms with E-state index in [1.54, 1.807) is 20.8 Å². The molecular weight excluding hydrogens is 214 g/mol. The SMILES string of the molecule is CC(C)(C)OC(=O)N1CCC[C@@]1(O)C(=O)O. The summed E-state index contributed by atoms with van der Waals surface area (Å²) in [5, 5.41) is 18.7. The van der Waals surface area contributed by atoms with Crippen LogP contribution in [-0.4, -0.2) is 45.0 Å². The van der Waals surface area contributed by atoms with Crippen LogP contribution in [0.25, 0.3) is 0 Å². The lowest BCUT2D eigenvalue weighted by Crippen LogP contribution is -2.54. The number of carbonyl (C=O) groups excluding carboxylic acids is 1. The highest BCUT2D eigenvalue weighted by molar-refractivity contribution is 5.83. The van der Waals surface area contributed by atoms with Crippen molar-refractivity contribution >= 4 is 12.1 Å². The van der Waals surface area contributed by atoms with Crippen molar-refractivity contribution in [3.63, 3.8) is 0 Å². The second kappa shape index (κ2) is 3.93. The maximum absolute atomic E-state index is 11.7. The van der Waals surface area contributed by atoms with Crippen molar-refractivity contribution in [2.45, 2.75) is 44.9 Å². The monoisotopic (exact) mass is 231 g/mol. The molecule has 1 saturated heterocycles. The summed E-state index contributed by atoms with van der Waals surface area (Å²) in [7, 11) is 0. The first kappa shape index (κ1) is 12.8. The number of carbonyl (C=O) groups is 2. The third kappa shape index (κ3) is 2.44. The van der Waals surface area contributed by atoms with Crippen LogP contribution in [-0.2, 0) is 9.53 Å². The average Bonchev–Trinajstić information content (AvgIpc) is 2.45. The van der Waals surface area contributed by atoms with E-state index in [1.807, 2.05) is 0 Å². The number of rotatable bonds is 1. The molecule has 0 aliphatic carbocycles. The van der Waals surface area contributed by atoms with Crippen LogP contribution >= 0.6 is 0 Å². The number of amides is 1. The number of aliphatic carboxylic acids is 1. The number of hydrogen-bond acceptors (Lipinski definition) is 4. The fourth-order valence-corrected chi connectivity index (χ4v) is 1.59. The highest BCUT2D eigenvalue weighted by Crippen LogP contribution is 2.28. The number of hydrogen-bond donors (Lipinski definition) is 2. The van der Waals surface area contributed by atoms with Gasteiger partial charge in [0.05, 0.1) is 0 Å². The van der Waals surface area contributed by atoms with Gasteiger partial charge in [-0.1, -0.05) is 0 Å². The minimum absolute atomic E-state index is 0.0293. The minimum atomic E-state index is -2.12. The molecule has 0 spiro atoms. The quantitative estimate of drug-likeness (QED) is 0.696. The van der Waals surface area contributed by atoms with E-state index in [0.29, 0.717) is 6.42 Å². The van der Waals surface area contributed by atoms with Gasteiger partial charge in [-0.3, -0.25) is 4.90 Å². The van der Waals surface area contributed by atoms with Gasteiger partial charge in [0, 0.05) is 13.0 Å². The average molecular weight is 231 g/mol. The molecule has 2 N–H and O–H groups in total. The predicted molar refractivity (Wildman–Crippen MR) is 54.8 cm³/mol. The van der Waals surface area contributed by atoms with Crippen molar-refractivity contribution in [3.8, 4) is 0 Å². The van der Waals surface area contributed by atoms with Crippen molar-refractivity contribution in [2.75, 3.05) is 6.54 Å². The molecule has 0 saturated carbocycles. The molecule has 0 bridgehead atoms. The maximum Gasteiger partial charge on any atom is 0.413 e. The summed E-state index contributed by atoms with van der Waals surface area (Å²) in [5.41, 5.74) is -2.83. The number of likely N-dealkylation sites (tertiary alicyclic amines) is 1. The Bertz CT molecular complexity index is 309. The lowest BCUT2D eigenvalue weighted by Gasteiger charge is -2.31. The molecule has 0 aromatic carbocycles. The number of nitrogens with zero attached hydrogens (tertiary/aromatic N) is 1. The Morgan fingerprint density at radius 1 is 1.38 bits per heavy atom. The lowest BCUT2D eigenvalue weighted by molar-refractivity contribution is -0.174. The van der Waals surface area contributed by atoms with E-state index in [1.165, 1.54) is 0 Å². The second-order valence-electron chi connectivity index (χ2n) is 4.86. The van der Waals surface area contributed by atoms with Gasteiger partial charge >= 0.3 is 12.1 Å². The van der Waals surface area contributed by atoms with Gasteiger partial charge in [0.25, 0.3) is 0 Å². The summed E-state index contributed by atoms with van der Waals surface area (Å²) in [5.74, 6) is -1.42. The summed E-state index contributed by atoms with van der Waals surface area (Å²) in [6, 6.07) is 0. The zero-order valence-corrected chi connectivity index (χ0v) is 9.69. The molecule has 1 aliphatic heterocycles. The van der Waals surface area contributed by atoms with Crippen LogP contribution in [0.5, 0.6) is 0 Å². The maximum atomic E-state index is 11.7. The number of aliphatic hydroxyl groups is 1. The number of ether oxygens (including phenoxy) is 1. The molecule has 1 rings (SSSR count). The van der Waals surface area contributed by atoms with Gasteiger partial charge in [0.1, 0.15) is 5.60 Å². The first-order valence-corrected chi connectivity index (χ1v) is 5.13. The molecule has 6 nitrogen and oxygen atoms in total. The van der Waals surface area contributed by atoms with Crippen LogP contribution in [0.2, 0.25) is 0 Å². The van der Waals surface area contributed by atoms with Crippen molar-refractivity contribution in [2.24, 2.45) is 0 Å². The standard InChI is InChI=1S/C10H17NO5/c1-9(2,3)16-8(14)11-6-4-5-10(11,15)7(12)13/h15H,4-6H2,1-3H3,(H,12,13)/t10-/m1/s1. The lowest BCUT2D eigenvalue weighted by atomic mass is 10.1. The van der Waals surface area contributed by atoms with E-state index >= 15 is 0 Å². The summed E-state index contributed by atoms with van der Waals surface area (Å²) in [6.07, 6.45) is -0.321. The van der Waals surface area contributed by atoms with E-state index in [0.717, 1.165) is 4.90 Å². The molecule has 1 atom stereocenters. The van der Waals surface area contributed by atoms with Crippen LogP contribution < -0.4 is 0 Å². The molecule has 0 aromatic rings. The van der Waals surface area contributed by atoms with E-state index in [2.05, 4.69) is 0 Å². The molecule has 1 heterocycles. The fourth-order valence-electron chi connectivity index (χ4n) is 1.59. The first-order chi connectivity index (χ1) is 7.17. The Labute approximate surface area is 93.8 Å². The molecule has 0 radical (unpaired) electrons. The van der Waals surface area contributed by atoms with E-state index in [9.17, 15) is 14.7 Å². The second-order valence-corrected chi connectivity index (χ2v) is 4.86. The molecule has 0 unspecified atom stereocenters. The van der Waals surface area contributed by atoms with Crippen LogP contribution in [0.15, 0.2) is 0 Å². The summed E-state index contributed by atoms with van der Waals surface area (Å²) < 4.78 is 5.03. The van der Waals surface area contributed by atoms with Crippen LogP contribution in [0, 0.1) is 0 Å². The molecule has 92 valence electrons. The number of carboxylic acid groups (broad SMARTS) is 1. The summed E-state index contributed by atoms with van der Waals surface area (Å²) in [4.78, 5) is 23.4. The molecular formula is C10H17NO5. The van der Waals surface area contributed by atoms with E-state index in [-0.39, 0.29) is 13.0 Å². The van der Waals surface area contributed by atoms with Gasteiger partial charge in [-0.2, -0.15) is 0 Å². The third-order valence-electron chi connectivity index (χ3n) is 2.31. The molecule has 1 aliphatic rings. The molecule has 1 fully saturated rings. The zero-order valence-electron chi connectivity index (χ0n) is 9.69. The fraction of sp³-hybridized carbons (Fsp3) is 0.800. The summed E-state index contributed by atoms with van der Waals surface area (Å²) in [6.45, 7) is 5.24. The Kier molecular flexibility index (Phi) is 3.14. The van der Waals surface area contributed by atoms with E-state index in [4.69, 9.17) is 9.84 Å². The Morgan fingerprint density at radius 2 is 1.94 bits per heavy atom.